The van der Waals surface area contributed by atoms with Gasteiger partial charge in [0.25, 0.3) is 0 Å². The van der Waals surface area contributed by atoms with Gasteiger partial charge in [0.15, 0.2) is 0 Å². The van der Waals surface area contributed by atoms with E-state index in [-0.39, 0.29) is 5.41 Å². The fraction of sp³-hybridized carbons (Fsp3) is 0.407. The number of nitriles is 1. The van der Waals surface area contributed by atoms with Gasteiger partial charge >= 0.3 is 0 Å². The summed E-state index contributed by atoms with van der Waals surface area (Å²) in [6.45, 7) is 7.04. The summed E-state index contributed by atoms with van der Waals surface area (Å²) in [4.78, 5) is 2.42. The molecule has 2 N–H and O–H groups in total. The molecule has 2 fully saturated rings. The summed E-state index contributed by atoms with van der Waals surface area (Å²) < 4.78 is 5.43. The van der Waals surface area contributed by atoms with E-state index in [9.17, 15) is 5.26 Å². The van der Waals surface area contributed by atoms with E-state index in [0.717, 1.165) is 66.1 Å². The number of anilines is 2. The predicted molar refractivity (Wildman–Crippen MR) is 127 cm³/mol. The molecule has 1 heterocycles. The van der Waals surface area contributed by atoms with Crippen molar-refractivity contribution < 1.29 is 4.52 Å². The second-order valence-electron chi connectivity index (χ2n) is 9.65. The van der Waals surface area contributed by atoms with Gasteiger partial charge in [-0.2, -0.15) is 5.26 Å². The van der Waals surface area contributed by atoms with Crippen LogP contribution in [0, 0.1) is 38.0 Å². The van der Waals surface area contributed by atoms with Gasteiger partial charge in [-0.1, -0.05) is 29.4 Å². The lowest BCUT2D eigenvalue weighted by atomic mass is 9.80. The van der Waals surface area contributed by atoms with Crippen LogP contribution in [-0.2, 0) is 5.41 Å². The molecule has 0 amide bonds. The first-order chi connectivity index (χ1) is 15.4. The summed E-state index contributed by atoms with van der Waals surface area (Å²) in [5.74, 6) is 1.42. The van der Waals surface area contributed by atoms with Crippen molar-refractivity contribution in [2.24, 2.45) is 11.7 Å². The fourth-order valence-corrected chi connectivity index (χ4v) is 5.04. The number of aromatic nitrogens is 1. The Labute approximate surface area is 189 Å². The van der Waals surface area contributed by atoms with E-state index in [1.807, 2.05) is 13.8 Å². The van der Waals surface area contributed by atoms with E-state index < -0.39 is 0 Å². The highest BCUT2D eigenvalue weighted by Crippen LogP contribution is 2.48. The van der Waals surface area contributed by atoms with Crippen LogP contribution in [0.3, 0.4) is 0 Å². The molecule has 0 saturated heterocycles. The SMILES string of the molecule is Cc1ccc(-c2c(C)noc2C)cc1N(CC1CC(N)C1)c1ccc(C2(C#N)CC2)cc1. The summed E-state index contributed by atoms with van der Waals surface area (Å²) in [7, 11) is 0. The molecule has 2 aromatic carbocycles. The molecular formula is C27H30N4O. The van der Waals surface area contributed by atoms with Gasteiger partial charge < -0.3 is 15.2 Å². The molecule has 5 nitrogen and oxygen atoms in total. The molecule has 0 spiro atoms. The zero-order chi connectivity index (χ0) is 22.5. The normalized spacial score (nSPS) is 21.0. The van der Waals surface area contributed by atoms with Crippen LogP contribution in [0.2, 0.25) is 0 Å². The van der Waals surface area contributed by atoms with Crippen LogP contribution in [0.4, 0.5) is 11.4 Å². The lowest BCUT2D eigenvalue weighted by molar-refractivity contribution is 0.273. The van der Waals surface area contributed by atoms with Gasteiger partial charge in [0.05, 0.1) is 17.2 Å². The highest BCUT2D eigenvalue weighted by Gasteiger charge is 2.44. The molecule has 2 aliphatic carbocycles. The van der Waals surface area contributed by atoms with E-state index in [2.05, 4.69) is 65.5 Å². The molecule has 0 aliphatic heterocycles. The largest absolute Gasteiger partial charge is 0.361 e. The number of nitrogens with two attached hydrogens (primary N) is 1. The first kappa shape index (κ1) is 20.8. The second kappa shape index (κ2) is 7.79. The smallest absolute Gasteiger partial charge is 0.141 e. The summed E-state index contributed by atoms with van der Waals surface area (Å²) >= 11 is 0. The molecule has 1 aromatic heterocycles. The summed E-state index contributed by atoms with van der Waals surface area (Å²) in [6, 6.07) is 18.0. The topological polar surface area (TPSA) is 79.1 Å². The lowest BCUT2D eigenvalue weighted by Crippen LogP contribution is -2.41. The molecule has 0 atom stereocenters. The van der Waals surface area contributed by atoms with Gasteiger partial charge in [-0.05, 0) is 87.3 Å². The van der Waals surface area contributed by atoms with E-state index in [4.69, 9.17) is 10.3 Å². The van der Waals surface area contributed by atoms with E-state index in [1.54, 1.807) is 0 Å². The van der Waals surface area contributed by atoms with Crippen LogP contribution in [0.15, 0.2) is 47.0 Å². The molecule has 0 radical (unpaired) electrons. The Kier molecular flexibility index (Phi) is 5.06. The van der Waals surface area contributed by atoms with Crippen molar-refractivity contribution in [1.29, 1.82) is 5.26 Å². The third-order valence-electron chi connectivity index (χ3n) is 7.23. The van der Waals surface area contributed by atoms with Crippen LogP contribution < -0.4 is 10.6 Å². The Morgan fingerprint density at radius 3 is 2.41 bits per heavy atom. The predicted octanol–water partition coefficient (Wildman–Crippen LogP) is 5.70. The van der Waals surface area contributed by atoms with E-state index in [0.29, 0.717) is 12.0 Å². The molecule has 2 saturated carbocycles. The minimum Gasteiger partial charge on any atom is -0.361 e. The first-order valence-electron chi connectivity index (χ1n) is 11.5. The zero-order valence-electron chi connectivity index (χ0n) is 19.1. The average Bonchev–Trinajstić information content (AvgIpc) is 3.50. The van der Waals surface area contributed by atoms with Gasteiger partial charge in [0.2, 0.25) is 0 Å². The van der Waals surface area contributed by atoms with Crippen LogP contribution in [0.5, 0.6) is 0 Å². The number of rotatable bonds is 6. The molecule has 32 heavy (non-hydrogen) atoms. The zero-order valence-corrected chi connectivity index (χ0v) is 19.1. The number of nitrogens with zero attached hydrogens (tertiary/aromatic N) is 3. The average molecular weight is 427 g/mol. The maximum Gasteiger partial charge on any atom is 0.141 e. The van der Waals surface area contributed by atoms with E-state index >= 15 is 0 Å². The monoisotopic (exact) mass is 426 g/mol. The summed E-state index contributed by atoms with van der Waals surface area (Å²) in [6.07, 6.45) is 4.06. The van der Waals surface area contributed by atoms with Gasteiger partial charge in [-0.25, -0.2) is 0 Å². The molecule has 3 aromatic rings. The fourth-order valence-electron chi connectivity index (χ4n) is 5.04. The van der Waals surface area contributed by atoms with Crippen molar-refractivity contribution in [3.8, 4) is 17.2 Å². The van der Waals surface area contributed by atoms with Crippen molar-refractivity contribution in [2.45, 2.75) is 57.9 Å². The number of hydrogen-bond donors (Lipinski definition) is 1. The Morgan fingerprint density at radius 1 is 1.12 bits per heavy atom. The van der Waals surface area contributed by atoms with E-state index in [1.165, 1.54) is 11.3 Å². The lowest BCUT2D eigenvalue weighted by Gasteiger charge is -2.38. The van der Waals surface area contributed by atoms with Crippen molar-refractivity contribution >= 4 is 11.4 Å². The van der Waals surface area contributed by atoms with Crippen LogP contribution in [0.1, 0.15) is 48.3 Å². The number of hydrogen-bond acceptors (Lipinski definition) is 5. The summed E-state index contributed by atoms with van der Waals surface area (Å²) in [5.41, 5.74) is 13.6. The second-order valence-corrected chi connectivity index (χ2v) is 9.65. The van der Waals surface area contributed by atoms with Gasteiger partial charge in [0, 0.05) is 29.5 Å². The van der Waals surface area contributed by atoms with Crippen LogP contribution >= 0.6 is 0 Å². The number of aryl methyl sites for hydroxylation is 3. The van der Waals surface area contributed by atoms with Gasteiger partial charge in [0.1, 0.15) is 5.76 Å². The van der Waals surface area contributed by atoms with Crippen molar-refractivity contribution in [2.75, 3.05) is 11.4 Å². The van der Waals surface area contributed by atoms with Crippen molar-refractivity contribution in [1.82, 2.24) is 5.16 Å². The molecule has 0 bridgehead atoms. The Balaban J connectivity index is 1.54. The molecule has 5 heteroatoms. The standard InChI is InChI=1S/C27H30N4O/c1-17-4-5-21(26-18(2)30-32-19(26)3)14-25(17)31(15-20-12-23(29)13-20)24-8-6-22(7-9-24)27(16-28)10-11-27/h4-9,14,20,23H,10-13,15,29H2,1-3H3. The Hall–Kier alpha value is -3.10. The molecule has 164 valence electrons. The minimum atomic E-state index is -0.261. The highest BCUT2D eigenvalue weighted by molar-refractivity contribution is 5.76. The number of benzene rings is 2. The molecule has 5 rings (SSSR count). The minimum absolute atomic E-state index is 0.261. The maximum absolute atomic E-state index is 9.57. The Bertz CT molecular complexity index is 1160. The molecule has 0 unspecified atom stereocenters. The third-order valence-corrected chi connectivity index (χ3v) is 7.23. The van der Waals surface area contributed by atoms with Gasteiger partial charge in [-0.3, -0.25) is 0 Å². The van der Waals surface area contributed by atoms with Gasteiger partial charge in [-0.15, -0.1) is 0 Å². The molecular weight excluding hydrogens is 396 g/mol. The third kappa shape index (κ3) is 3.59. The maximum atomic E-state index is 9.57. The van der Waals surface area contributed by atoms with Crippen LogP contribution in [0.25, 0.3) is 11.1 Å². The Morgan fingerprint density at radius 2 is 1.84 bits per heavy atom. The van der Waals surface area contributed by atoms with Crippen molar-refractivity contribution in [3.63, 3.8) is 0 Å². The van der Waals surface area contributed by atoms with Crippen molar-refractivity contribution in [3.05, 3.63) is 65.0 Å². The first-order valence-corrected chi connectivity index (χ1v) is 11.5. The quantitative estimate of drug-likeness (QED) is 0.547. The van der Waals surface area contributed by atoms with Crippen LogP contribution in [-0.4, -0.2) is 17.7 Å². The molecule has 2 aliphatic rings. The highest BCUT2D eigenvalue weighted by atomic mass is 16.5. The summed E-state index contributed by atoms with van der Waals surface area (Å²) in [5, 5.41) is 13.7.